The molecule has 1 aromatic carbocycles. The van der Waals surface area contributed by atoms with Gasteiger partial charge in [0.1, 0.15) is 12.4 Å². The average Bonchev–Trinajstić information content (AvgIpc) is 2.12. The second kappa shape index (κ2) is 2.84. The van der Waals surface area contributed by atoms with E-state index < -0.39 is 5.41 Å². The summed E-state index contributed by atoms with van der Waals surface area (Å²) in [5.74, 6) is 0.608. The van der Waals surface area contributed by atoms with E-state index in [9.17, 15) is 4.79 Å². The molecule has 2 heteroatoms. The van der Waals surface area contributed by atoms with E-state index in [0.29, 0.717) is 11.3 Å². The van der Waals surface area contributed by atoms with Crippen LogP contribution in [0.3, 0.4) is 0 Å². The molecule has 0 N–H and O–H groups in total. The molecule has 0 atom stereocenters. The third kappa shape index (κ3) is 1.31. The van der Waals surface area contributed by atoms with Crippen LogP contribution < -0.4 is 4.74 Å². The minimum atomic E-state index is -0.887. The molecule has 0 aliphatic carbocycles. The summed E-state index contributed by atoms with van der Waals surface area (Å²) in [7, 11) is 0. The number of hydrogen-bond donors (Lipinski definition) is 0. The number of fused-ring (bicyclic) bond motifs is 1. The number of carbonyl (C=O) groups is 1. The minimum Gasteiger partial charge on any atom is -0.492 e. The molecule has 0 amide bonds. The van der Waals surface area contributed by atoms with Crippen LogP contribution in [0.2, 0.25) is 0 Å². The first-order valence-corrected chi connectivity index (χ1v) is 4.50. The zero-order chi connectivity index (χ0) is 10.3. The SMILES string of the molecule is [CH2]C1([CH2])COc2cc(C)ccc2C1=O. The van der Waals surface area contributed by atoms with E-state index in [1.807, 2.05) is 19.1 Å². The number of aryl methyl sites for hydroxylation is 1. The van der Waals surface area contributed by atoms with Crippen molar-refractivity contribution < 1.29 is 9.53 Å². The molecule has 0 unspecified atom stereocenters. The summed E-state index contributed by atoms with van der Waals surface area (Å²) in [5, 5.41) is 0. The van der Waals surface area contributed by atoms with E-state index in [4.69, 9.17) is 4.74 Å². The molecule has 0 saturated carbocycles. The molecule has 1 heterocycles. The highest BCUT2D eigenvalue weighted by molar-refractivity contribution is 6.04. The first kappa shape index (κ1) is 9.25. The number of benzene rings is 1. The fraction of sp³-hybridized carbons (Fsp3) is 0.250. The van der Waals surface area contributed by atoms with E-state index in [0.717, 1.165) is 5.56 Å². The van der Waals surface area contributed by atoms with Crippen LogP contribution in [0.25, 0.3) is 0 Å². The number of ether oxygens (including phenoxy) is 1. The number of carbonyl (C=O) groups excluding carboxylic acids is 1. The van der Waals surface area contributed by atoms with Crippen LogP contribution >= 0.6 is 0 Å². The standard InChI is InChI=1S/C12H12O2/c1-8-4-5-9-10(6-8)14-7-12(2,3)11(9)13/h4-6H,2-3,7H2,1H3. The number of hydrogen-bond acceptors (Lipinski definition) is 2. The third-order valence-electron chi connectivity index (χ3n) is 2.37. The molecule has 0 fully saturated rings. The van der Waals surface area contributed by atoms with Crippen molar-refractivity contribution in [2.75, 3.05) is 6.61 Å². The van der Waals surface area contributed by atoms with E-state index in [2.05, 4.69) is 13.8 Å². The van der Waals surface area contributed by atoms with E-state index >= 15 is 0 Å². The summed E-state index contributed by atoms with van der Waals surface area (Å²) >= 11 is 0. The van der Waals surface area contributed by atoms with Gasteiger partial charge in [0.2, 0.25) is 0 Å². The van der Waals surface area contributed by atoms with Crippen molar-refractivity contribution >= 4 is 5.78 Å². The molecule has 0 bridgehead atoms. The molecule has 0 saturated heterocycles. The second-order valence-electron chi connectivity index (χ2n) is 3.90. The largest absolute Gasteiger partial charge is 0.492 e. The maximum absolute atomic E-state index is 11.8. The molecular formula is C12H12O2. The van der Waals surface area contributed by atoms with E-state index in [1.54, 1.807) is 6.07 Å². The normalized spacial score (nSPS) is 18.6. The Balaban J connectivity index is 2.52. The van der Waals surface area contributed by atoms with Crippen molar-refractivity contribution in [3.05, 3.63) is 43.2 Å². The molecule has 0 aromatic heterocycles. The van der Waals surface area contributed by atoms with Crippen LogP contribution in [0.1, 0.15) is 15.9 Å². The third-order valence-corrected chi connectivity index (χ3v) is 2.37. The fourth-order valence-electron chi connectivity index (χ4n) is 1.50. The highest BCUT2D eigenvalue weighted by atomic mass is 16.5. The molecule has 0 spiro atoms. The molecule has 1 aliphatic rings. The van der Waals surface area contributed by atoms with Crippen LogP contribution in [0.15, 0.2) is 18.2 Å². The molecule has 2 nitrogen and oxygen atoms in total. The summed E-state index contributed by atoms with van der Waals surface area (Å²) < 4.78 is 5.44. The topological polar surface area (TPSA) is 26.3 Å². The zero-order valence-electron chi connectivity index (χ0n) is 8.17. The number of Topliss-reactive ketones (excluding diaryl/α,β-unsaturated/α-hetero) is 1. The van der Waals surface area contributed by atoms with Crippen LogP contribution in [0, 0.1) is 26.2 Å². The predicted octanol–water partition coefficient (Wildman–Crippen LogP) is 2.22. The monoisotopic (exact) mass is 188 g/mol. The lowest BCUT2D eigenvalue weighted by molar-refractivity contribution is 0.0781. The summed E-state index contributed by atoms with van der Waals surface area (Å²) in [6, 6.07) is 5.53. The van der Waals surface area contributed by atoms with Gasteiger partial charge in [-0.2, -0.15) is 0 Å². The van der Waals surface area contributed by atoms with E-state index in [-0.39, 0.29) is 12.4 Å². The van der Waals surface area contributed by atoms with Crippen molar-refractivity contribution in [3.8, 4) is 5.75 Å². The Morgan fingerprint density at radius 1 is 1.43 bits per heavy atom. The van der Waals surface area contributed by atoms with Gasteiger partial charge in [-0.3, -0.25) is 4.79 Å². The van der Waals surface area contributed by atoms with Gasteiger partial charge in [0.05, 0.1) is 11.0 Å². The minimum absolute atomic E-state index is 0.0428. The lowest BCUT2D eigenvalue weighted by Crippen LogP contribution is -2.36. The molecule has 2 radical (unpaired) electrons. The Bertz CT molecular complexity index is 391. The Morgan fingerprint density at radius 3 is 2.86 bits per heavy atom. The van der Waals surface area contributed by atoms with Crippen LogP contribution in [-0.4, -0.2) is 12.4 Å². The van der Waals surface area contributed by atoms with Crippen molar-refractivity contribution in [1.82, 2.24) is 0 Å². The van der Waals surface area contributed by atoms with Crippen LogP contribution in [-0.2, 0) is 0 Å². The van der Waals surface area contributed by atoms with Crippen molar-refractivity contribution in [2.45, 2.75) is 6.92 Å². The maximum Gasteiger partial charge on any atom is 0.176 e. The van der Waals surface area contributed by atoms with Gasteiger partial charge < -0.3 is 4.74 Å². The number of rotatable bonds is 0. The smallest absolute Gasteiger partial charge is 0.176 e. The van der Waals surface area contributed by atoms with Gasteiger partial charge in [-0.05, 0) is 38.5 Å². The lowest BCUT2D eigenvalue weighted by atomic mass is 9.83. The van der Waals surface area contributed by atoms with Gasteiger partial charge in [-0.15, -0.1) is 0 Å². The molecular weight excluding hydrogens is 176 g/mol. The summed E-state index contributed by atoms with van der Waals surface area (Å²) in [6.07, 6.45) is 0. The highest BCUT2D eigenvalue weighted by Crippen LogP contribution is 2.33. The van der Waals surface area contributed by atoms with Crippen molar-refractivity contribution in [1.29, 1.82) is 0 Å². The lowest BCUT2D eigenvalue weighted by Gasteiger charge is -2.29. The summed E-state index contributed by atoms with van der Waals surface area (Å²) in [5.41, 5.74) is 0.784. The van der Waals surface area contributed by atoms with E-state index in [1.165, 1.54) is 0 Å². The van der Waals surface area contributed by atoms with Crippen molar-refractivity contribution in [3.63, 3.8) is 0 Å². The highest BCUT2D eigenvalue weighted by Gasteiger charge is 2.35. The molecule has 1 aromatic rings. The molecule has 72 valence electrons. The van der Waals surface area contributed by atoms with Gasteiger partial charge >= 0.3 is 0 Å². The first-order chi connectivity index (χ1) is 6.50. The maximum atomic E-state index is 11.8. The average molecular weight is 188 g/mol. The second-order valence-corrected chi connectivity index (χ2v) is 3.90. The zero-order valence-corrected chi connectivity index (χ0v) is 8.17. The van der Waals surface area contributed by atoms with Gasteiger partial charge in [0.15, 0.2) is 5.78 Å². The van der Waals surface area contributed by atoms with Gasteiger partial charge in [0.25, 0.3) is 0 Å². The summed E-state index contributed by atoms with van der Waals surface area (Å²) in [6.45, 7) is 9.71. The van der Waals surface area contributed by atoms with Gasteiger partial charge in [-0.1, -0.05) is 6.07 Å². The number of ketones is 1. The fourth-order valence-corrected chi connectivity index (χ4v) is 1.50. The predicted molar refractivity (Wildman–Crippen MR) is 54.2 cm³/mol. The quantitative estimate of drug-likeness (QED) is 0.624. The Labute approximate surface area is 83.9 Å². The Hall–Kier alpha value is -1.31. The molecule has 14 heavy (non-hydrogen) atoms. The Kier molecular flexibility index (Phi) is 1.88. The van der Waals surface area contributed by atoms with Crippen LogP contribution in [0.5, 0.6) is 5.75 Å². The van der Waals surface area contributed by atoms with Crippen molar-refractivity contribution in [2.24, 2.45) is 5.41 Å². The molecule has 2 rings (SSSR count). The van der Waals surface area contributed by atoms with Gasteiger partial charge in [-0.25, -0.2) is 0 Å². The summed E-state index contributed by atoms with van der Waals surface area (Å²) in [4.78, 5) is 11.8. The molecule has 1 aliphatic heterocycles. The first-order valence-electron chi connectivity index (χ1n) is 4.50. The Morgan fingerprint density at radius 2 is 2.14 bits per heavy atom. The van der Waals surface area contributed by atoms with Crippen LogP contribution in [0.4, 0.5) is 0 Å². The van der Waals surface area contributed by atoms with Gasteiger partial charge in [0, 0.05) is 0 Å².